The maximum Gasteiger partial charge on any atom is 0.0468 e. The zero-order valence-corrected chi connectivity index (χ0v) is 10.2. The molecule has 0 amide bonds. The van der Waals surface area contributed by atoms with Gasteiger partial charge in [0.05, 0.1) is 0 Å². The van der Waals surface area contributed by atoms with E-state index in [2.05, 4.69) is 12.2 Å². The standard InChI is InChI=1S/C13H25NO/c1-11-4-3-5-12(11)14-10-13(6-7-13)8-9-15-2/h11-12,14H,3-10H2,1-2H3. The van der Waals surface area contributed by atoms with Gasteiger partial charge in [-0.2, -0.15) is 0 Å². The van der Waals surface area contributed by atoms with Crippen LogP contribution >= 0.6 is 0 Å². The van der Waals surface area contributed by atoms with E-state index in [4.69, 9.17) is 4.74 Å². The Balaban J connectivity index is 1.68. The number of ether oxygens (including phenoxy) is 1. The molecule has 2 rings (SSSR count). The number of methoxy groups -OCH3 is 1. The first-order valence-electron chi connectivity index (χ1n) is 6.48. The van der Waals surface area contributed by atoms with Gasteiger partial charge in [0.2, 0.25) is 0 Å². The molecule has 2 unspecified atom stereocenters. The Morgan fingerprint density at radius 3 is 2.67 bits per heavy atom. The van der Waals surface area contributed by atoms with Crippen molar-refractivity contribution in [1.29, 1.82) is 0 Å². The highest BCUT2D eigenvalue weighted by molar-refractivity contribution is 4.96. The van der Waals surface area contributed by atoms with Crippen LogP contribution in [0.15, 0.2) is 0 Å². The van der Waals surface area contributed by atoms with Gasteiger partial charge in [0.25, 0.3) is 0 Å². The van der Waals surface area contributed by atoms with Crippen LogP contribution in [-0.2, 0) is 4.74 Å². The van der Waals surface area contributed by atoms with Gasteiger partial charge in [-0.25, -0.2) is 0 Å². The third kappa shape index (κ3) is 2.94. The normalized spacial score (nSPS) is 33.2. The summed E-state index contributed by atoms with van der Waals surface area (Å²) in [5.41, 5.74) is 0.609. The van der Waals surface area contributed by atoms with Crippen LogP contribution in [0.3, 0.4) is 0 Å². The van der Waals surface area contributed by atoms with Gasteiger partial charge >= 0.3 is 0 Å². The molecule has 0 aromatic carbocycles. The highest BCUT2D eigenvalue weighted by Gasteiger charge is 2.42. The molecule has 0 aromatic heterocycles. The SMILES string of the molecule is COCCC1(CNC2CCCC2C)CC1. The monoisotopic (exact) mass is 211 g/mol. The topological polar surface area (TPSA) is 21.3 Å². The molecule has 1 N–H and O–H groups in total. The molecule has 0 aliphatic heterocycles. The molecule has 0 saturated heterocycles. The predicted octanol–water partition coefficient (Wildman–Crippen LogP) is 2.58. The van der Waals surface area contributed by atoms with Gasteiger partial charge in [0.1, 0.15) is 0 Å². The molecule has 0 radical (unpaired) electrons. The smallest absolute Gasteiger partial charge is 0.0468 e. The summed E-state index contributed by atoms with van der Waals surface area (Å²) in [5.74, 6) is 0.892. The molecule has 2 fully saturated rings. The fourth-order valence-corrected chi connectivity index (χ4v) is 2.81. The molecule has 0 heterocycles. The lowest BCUT2D eigenvalue weighted by Crippen LogP contribution is -2.36. The molecule has 88 valence electrons. The van der Waals surface area contributed by atoms with Crippen molar-refractivity contribution in [3.8, 4) is 0 Å². The second-order valence-corrected chi connectivity index (χ2v) is 5.64. The van der Waals surface area contributed by atoms with Gasteiger partial charge in [-0.3, -0.25) is 0 Å². The van der Waals surface area contributed by atoms with Crippen molar-refractivity contribution in [2.75, 3.05) is 20.3 Å². The maximum absolute atomic E-state index is 5.18. The van der Waals surface area contributed by atoms with Crippen LogP contribution in [0.2, 0.25) is 0 Å². The number of hydrogen-bond donors (Lipinski definition) is 1. The van der Waals surface area contributed by atoms with E-state index in [0.29, 0.717) is 5.41 Å². The van der Waals surface area contributed by atoms with Crippen LogP contribution in [0.25, 0.3) is 0 Å². The molecular weight excluding hydrogens is 186 g/mol. The first-order valence-corrected chi connectivity index (χ1v) is 6.48. The molecule has 2 aliphatic carbocycles. The van der Waals surface area contributed by atoms with E-state index in [0.717, 1.165) is 18.6 Å². The maximum atomic E-state index is 5.18. The highest BCUT2D eigenvalue weighted by atomic mass is 16.5. The number of hydrogen-bond acceptors (Lipinski definition) is 2. The molecule has 2 saturated carbocycles. The van der Waals surface area contributed by atoms with E-state index in [1.165, 1.54) is 45.1 Å². The van der Waals surface area contributed by atoms with Gasteiger partial charge in [-0.05, 0) is 43.4 Å². The van der Waals surface area contributed by atoms with E-state index in [-0.39, 0.29) is 0 Å². The van der Waals surface area contributed by atoms with Crippen LogP contribution in [0.4, 0.5) is 0 Å². The fourth-order valence-electron chi connectivity index (χ4n) is 2.81. The second-order valence-electron chi connectivity index (χ2n) is 5.64. The Morgan fingerprint density at radius 1 is 1.33 bits per heavy atom. The summed E-state index contributed by atoms with van der Waals surface area (Å²) < 4.78 is 5.18. The zero-order chi connectivity index (χ0) is 10.7. The summed E-state index contributed by atoms with van der Waals surface area (Å²) in [6, 6.07) is 0.796. The molecule has 2 nitrogen and oxygen atoms in total. The molecule has 0 aromatic rings. The summed E-state index contributed by atoms with van der Waals surface area (Å²) in [6.45, 7) is 4.55. The third-order valence-corrected chi connectivity index (χ3v) is 4.39. The Hall–Kier alpha value is -0.0800. The van der Waals surface area contributed by atoms with Crippen LogP contribution in [0.5, 0.6) is 0 Å². The average molecular weight is 211 g/mol. The lowest BCUT2D eigenvalue weighted by Gasteiger charge is -2.22. The van der Waals surface area contributed by atoms with Crippen LogP contribution in [-0.4, -0.2) is 26.3 Å². The fraction of sp³-hybridized carbons (Fsp3) is 1.00. The Bertz CT molecular complexity index is 201. The first kappa shape index (κ1) is 11.4. The van der Waals surface area contributed by atoms with Crippen molar-refractivity contribution in [3.63, 3.8) is 0 Å². The van der Waals surface area contributed by atoms with Gasteiger partial charge in [0, 0.05) is 26.3 Å². The summed E-state index contributed by atoms with van der Waals surface area (Å²) in [4.78, 5) is 0. The summed E-state index contributed by atoms with van der Waals surface area (Å²) in [6.07, 6.45) is 8.29. The van der Waals surface area contributed by atoms with Gasteiger partial charge in [-0.1, -0.05) is 13.3 Å². The van der Waals surface area contributed by atoms with Gasteiger partial charge < -0.3 is 10.1 Å². The van der Waals surface area contributed by atoms with Crippen molar-refractivity contribution in [2.45, 2.75) is 51.5 Å². The molecule has 0 spiro atoms. The lowest BCUT2D eigenvalue weighted by atomic mass is 10.0. The van der Waals surface area contributed by atoms with Crippen LogP contribution < -0.4 is 5.32 Å². The number of nitrogens with one attached hydrogen (secondary N) is 1. The van der Waals surface area contributed by atoms with Crippen molar-refractivity contribution in [1.82, 2.24) is 5.32 Å². The van der Waals surface area contributed by atoms with E-state index < -0.39 is 0 Å². The van der Waals surface area contributed by atoms with E-state index in [1.54, 1.807) is 0 Å². The lowest BCUT2D eigenvalue weighted by molar-refractivity contribution is 0.169. The minimum atomic E-state index is 0.609. The largest absolute Gasteiger partial charge is 0.385 e. The number of rotatable bonds is 6. The van der Waals surface area contributed by atoms with Crippen molar-refractivity contribution in [2.24, 2.45) is 11.3 Å². The predicted molar refractivity (Wildman–Crippen MR) is 63.0 cm³/mol. The second kappa shape index (κ2) is 4.84. The molecule has 2 heteroatoms. The van der Waals surface area contributed by atoms with E-state index >= 15 is 0 Å². The molecule has 2 atom stereocenters. The van der Waals surface area contributed by atoms with Crippen LogP contribution in [0.1, 0.15) is 45.4 Å². The zero-order valence-electron chi connectivity index (χ0n) is 10.2. The minimum absolute atomic E-state index is 0.609. The average Bonchev–Trinajstić information content (AvgIpc) is 2.90. The van der Waals surface area contributed by atoms with E-state index in [9.17, 15) is 0 Å². The molecule has 0 bridgehead atoms. The Labute approximate surface area is 93.8 Å². The van der Waals surface area contributed by atoms with Crippen molar-refractivity contribution < 1.29 is 4.74 Å². The quantitative estimate of drug-likeness (QED) is 0.729. The third-order valence-electron chi connectivity index (χ3n) is 4.39. The van der Waals surface area contributed by atoms with E-state index in [1.807, 2.05) is 7.11 Å². The summed E-state index contributed by atoms with van der Waals surface area (Å²) >= 11 is 0. The van der Waals surface area contributed by atoms with Crippen molar-refractivity contribution in [3.05, 3.63) is 0 Å². The molecule has 15 heavy (non-hydrogen) atoms. The summed E-state index contributed by atoms with van der Waals surface area (Å²) in [5, 5.41) is 3.79. The van der Waals surface area contributed by atoms with Gasteiger partial charge in [0.15, 0.2) is 0 Å². The first-order chi connectivity index (χ1) is 7.26. The Kier molecular flexibility index (Phi) is 3.68. The highest BCUT2D eigenvalue weighted by Crippen LogP contribution is 2.48. The Morgan fingerprint density at radius 2 is 2.13 bits per heavy atom. The molecular formula is C13H25NO. The molecule has 2 aliphatic rings. The minimum Gasteiger partial charge on any atom is -0.385 e. The van der Waals surface area contributed by atoms with Crippen molar-refractivity contribution >= 4 is 0 Å². The van der Waals surface area contributed by atoms with Crippen LogP contribution in [0, 0.1) is 11.3 Å². The van der Waals surface area contributed by atoms with Gasteiger partial charge in [-0.15, -0.1) is 0 Å². The summed E-state index contributed by atoms with van der Waals surface area (Å²) in [7, 11) is 1.81.